The third-order valence-electron chi connectivity index (χ3n) is 4.80. The van der Waals surface area contributed by atoms with Gasteiger partial charge in [-0.2, -0.15) is 0 Å². The van der Waals surface area contributed by atoms with Gasteiger partial charge in [0.05, 0.1) is 6.42 Å². The molecule has 0 aliphatic rings. The van der Waals surface area contributed by atoms with Crippen molar-refractivity contribution < 1.29 is 14.6 Å². The van der Waals surface area contributed by atoms with Crippen LogP contribution in [0, 0.1) is 20.2 Å². The van der Waals surface area contributed by atoms with Crippen molar-refractivity contribution in [2.75, 3.05) is 0 Å². The van der Waals surface area contributed by atoms with Gasteiger partial charge in [0.2, 0.25) is 0 Å². The topological polar surface area (TPSA) is 103 Å². The zero-order chi connectivity index (χ0) is 20.4. The first-order valence-electron chi connectivity index (χ1n) is 10.3. The summed E-state index contributed by atoms with van der Waals surface area (Å²) in [6, 6.07) is 0. The molecule has 0 spiro atoms. The van der Waals surface area contributed by atoms with Gasteiger partial charge in [0.1, 0.15) is 9.85 Å². The Kier molecular flexibility index (Phi) is 15.3. The Bertz CT molecular complexity index is 438. The van der Waals surface area contributed by atoms with Gasteiger partial charge in [-0.15, -0.1) is 0 Å². The number of carbonyl (C=O) groups excluding carboxylic acids is 1. The molecule has 0 fully saturated rings. The predicted molar refractivity (Wildman–Crippen MR) is 106 cm³/mol. The predicted octanol–water partition coefficient (Wildman–Crippen LogP) is 5.77. The Morgan fingerprint density at radius 2 is 1.15 bits per heavy atom. The molecule has 0 aromatic carbocycles. The molecule has 0 unspecified atom stereocenters. The van der Waals surface area contributed by atoms with Crippen LogP contribution in [-0.4, -0.2) is 21.8 Å². The zero-order valence-corrected chi connectivity index (χ0v) is 16.7. The lowest BCUT2D eigenvalue weighted by Crippen LogP contribution is -2.47. The summed E-state index contributed by atoms with van der Waals surface area (Å²) in [6.45, 7) is 2.23. The number of nitro groups is 2. The fourth-order valence-corrected chi connectivity index (χ4v) is 2.99. The maximum absolute atomic E-state index is 10.8. The summed E-state index contributed by atoms with van der Waals surface area (Å²) in [6.07, 6.45) is 20.3. The zero-order valence-electron chi connectivity index (χ0n) is 16.7. The molecule has 7 heteroatoms. The second kappa shape index (κ2) is 16.4. The highest BCUT2D eigenvalue weighted by atomic mass is 16.7. The lowest BCUT2D eigenvalue weighted by Gasteiger charge is -2.09. The number of allylic oxidation sites excluding steroid dienone is 2. The van der Waals surface area contributed by atoms with Gasteiger partial charge in [-0.05, 0) is 32.1 Å². The molecule has 0 amide bonds. The molecule has 1 radical (unpaired) electrons. The van der Waals surface area contributed by atoms with Crippen LogP contribution in [0.2, 0.25) is 0 Å². The van der Waals surface area contributed by atoms with Crippen LogP contribution in [0.4, 0.5) is 0 Å². The van der Waals surface area contributed by atoms with Crippen LogP contribution in [0.5, 0.6) is 0 Å². The van der Waals surface area contributed by atoms with Gasteiger partial charge in [0, 0.05) is 0 Å². The lowest BCUT2D eigenvalue weighted by atomic mass is 10.0. The molecule has 0 saturated carbocycles. The summed E-state index contributed by atoms with van der Waals surface area (Å²) >= 11 is 0. The molecule has 0 bridgehead atoms. The highest BCUT2D eigenvalue weighted by Crippen LogP contribution is 2.19. The summed E-state index contributed by atoms with van der Waals surface area (Å²) < 4.78 is 0. The number of hydrogen-bond acceptors (Lipinski definition) is 5. The molecule has 0 aliphatic heterocycles. The summed E-state index contributed by atoms with van der Waals surface area (Å²) in [5.41, 5.74) is -2.79. The molecule has 155 valence electrons. The van der Waals surface area contributed by atoms with Gasteiger partial charge in [0.15, 0.2) is 0 Å². The highest BCUT2D eigenvalue weighted by Gasteiger charge is 2.57. The molecule has 0 aromatic rings. The van der Waals surface area contributed by atoms with Crippen molar-refractivity contribution in [3.05, 3.63) is 32.4 Å². The molecule has 27 heavy (non-hydrogen) atoms. The van der Waals surface area contributed by atoms with Crippen molar-refractivity contribution in [2.45, 2.75) is 109 Å². The van der Waals surface area contributed by atoms with Crippen LogP contribution in [0.3, 0.4) is 0 Å². The van der Waals surface area contributed by atoms with Crippen LogP contribution >= 0.6 is 0 Å². The van der Waals surface area contributed by atoms with E-state index in [-0.39, 0.29) is 6.42 Å². The number of rotatable bonds is 19. The lowest BCUT2D eigenvalue weighted by molar-refractivity contribution is -0.772. The Morgan fingerprint density at radius 1 is 0.741 bits per heavy atom. The summed E-state index contributed by atoms with van der Waals surface area (Å²) in [5, 5.41) is 21.6. The van der Waals surface area contributed by atoms with E-state index in [4.69, 9.17) is 0 Å². The molecule has 0 heterocycles. The van der Waals surface area contributed by atoms with E-state index in [1.165, 1.54) is 38.5 Å². The fourth-order valence-electron chi connectivity index (χ4n) is 2.99. The minimum atomic E-state index is -2.79. The van der Waals surface area contributed by atoms with Crippen LogP contribution in [0.1, 0.15) is 103 Å². The molecular formula is C20H35N2O5. The van der Waals surface area contributed by atoms with Crippen molar-refractivity contribution in [3.63, 3.8) is 0 Å². The monoisotopic (exact) mass is 383 g/mol. The molecular weight excluding hydrogens is 348 g/mol. The minimum absolute atomic E-state index is 0.287. The maximum Gasteiger partial charge on any atom is 0.523 e. The summed E-state index contributed by atoms with van der Waals surface area (Å²) in [7, 11) is 0. The molecule has 0 saturated heterocycles. The quantitative estimate of drug-likeness (QED) is 0.0925. The van der Waals surface area contributed by atoms with E-state index in [1.54, 1.807) is 0 Å². The number of hydrogen-bond donors (Lipinski definition) is 0. The van der Waals surface area contributed by atoms with Crippen molar-refractivity contribution in [1.29, 1.82) is 0 Å². The second-order valence-corrected chi connectivity index (χ2v) is 7.12. The van der Waals surface area contributed by atoms with E-state index in [9.17, 15) is 25.0 Å². The maximum atomic E-state index is 10.8. The normalized spacial score (nSPS) is 11.7. The number of nitrogens with zero attached hydrogens (tertiary/aromatic N) is 2. The average Bonchev–Trinajstić information content (AvgIpc) is 2.64. The van der Waals surface area contributed by atoms with Crippen molar-refractivity contribution in [2.24, 2.45) is 0 Å². The number of unbranched alkanes of at least 4 members (excludes halogenated alkanes) is 12. The van der Waals surface area contributed by atoms with Crippen LogP contribution in [0.25, 0.3) is 0 Å². The highest BCUT2D eigenvalue weighted by molar-refractivity contribution is 5.59. The Morgan fingerprint density at radius 3 is 1.56 bits per heavy atom. The van der Waals surface area contributed by atoms with Crippen molar-refractivity contribution in [3.8, 4) is 0 Å². The Balaban J connectivity index is 3.57. The van der Waals surface area contributed by atoms with Gasteiger partial charge in [0.25, 0.3) is 0 Å². The molecule has 0 aliphatic carbocycles. The Labute approximate surface area is 162 Å². The Hall–Kier alpha value is -1.79. The van der Waals surface area contributed by atoms with Gasteiger partial charge >= 0.3 is 11.9 Å². The smallest absolute Gasteiger partial charge is 0.273 e. The van der Waals surface area contributed by atoms with Gasteiger partial charge in [-0.3, -0.25) is 25.0 Å². The molecule has 0 aromatic heterocycles. The van der Waals surface area contributed by atoms with Crippen molar-refractivity contribution >= 4 is 6.29 Å². The molecule has 0 N–H and O–H groups in total. The van der Waals surface area contributed by atoms with Crippen LogP contribution < -0.4 is 0 Å². The van der Waals surface area contributed by atoms with Gasteiger partial charge in [-0.1, -0.05) is 76.9 Å². The van der Waals surface area contributed by atoms with E-state index in [0.717, 1.165) is 44.8 Å². The van der Waals surface area contributed by atoms with Crippen LogP contribution in [-0.2, 0) is 4.79 Å². The first-order chi connectivity index (χ1) is 13.0. The molecule has 0 rings (SSSR count). The van der Waals surface area contributed by atoms with E-state index in [2.05, 4.69) is 19.1 Å². The summed E-state index contributed by atoms with van der Waals surface area (Å²) in [4.78, 5) is 30.0. The van der Waals surface area contributed by atoms with Crippen LogP contribution in [0.15, 0.2) is 12.2 Å². The van der Waals surface area contributed by atoms with Gasteiger partial charge < -0.3 is 0 Å². The van der Waals surface area contributed by atoms with E-state index < -0.39 is 21.9 Å². The third-order valence-corrected chi connectivity index (χ3v) is 4.80. The van der Waals surface area contributed by atoms with Gasteiger partial charge in [-0.25, -0.2) is 0 Å². The SMILES string of the molecule is CCCCCCCC/C=C\CCCCCCCCC([C]=O)([N+](=O)[O-])[N+](=O)[O-]. The molecule has 0 atom stereocenters. The summed E-state index contributed by atoms with van der Waals surface area (Å²) in [5.74, 6) is 0. The largest absolute Gasteiger partial charge is 0.523 e. The fraction of sp³-hybridized carbons (Fsp3) is 0.850. The minimum Gasteiger partial charge on any atom is -0.273 e. The first-order valence-corrected chi connectivity index (χ1v) is 10.3. The van der Waals surface area contributed by atoms with Crippen molar-refractivity contribution in [1.82, 2.24) is 0 Å². The second-order valence-electron chi connectivity index (χ2n) is 7.12. The molecule has 7 nitrogen and oxygen atoms in total. The average molecular weight is 384 g/mol. The van der Waals surface area contributed by atoms with E-state index in [1.807, 2.05) is 0 Å². The third kappa shape index (κ3) is 11.5. The van der Waals surface area contributed by atoms with E-state index >= 15 is 0 Å². The first kappa shape index (κ1) is 25.2. The standard InChI is InChI=1S/C20H35N2O5/c1-2-3-4-5-6-7-8-9-10-11-12-13-14-15-16-17-18-20(19-23,21(24)25)22(26)27/h9-10H,2-8,11-18H2,1H3/b10-9-. The van der Waals surface area contributed by atoms with E-state index in [0.29, 0.717) is 6.42 Å².